The van der Waals surface area contributed by atoms with Crippen LogP contribution in [-0.4, -0.2) is 28.9 Å². The monoisotopic (exact) mass is 408 g/mol. The Labute approximate surface area is 169 Å². The topological polar surface area (TPSA) is 46.3 Å². The predicted molar refractivity (Wildman–Crippen MR) is 104 cm³/mol. The number of rotatable bonds is 7. The highest BCUT2D eigenvalue weighted by Gasteiger charge is 2.31. The molecule has 0 bridgehead atoms. The molecule has 0 radical (unpaired) electrons. The lowest BCUT2D eigenvalue weighted by atomic mass is 9.96. The van der Waals surface area contributed by atoms with Crippen molar-refractivity contribution in [1.82, 2.24) is 10.1 Å². The highest BCUT2D eigenvalue weighted by Crippen LogP contribution is 2.34. The van der Waals surface area contributed by atoms with Crippen molar-refractivity contribution in [1.29, 1.82) is 0 Å². The molecule has 2 aromatic rings. The van der Waals surface area contributed by atoms with E-state index in [-0.39, 0.29) is 11.8 Å². The number of hydrogen-bond acceptors (Lipinski definition) is 4. The van der Waals surface area contributed by atoms with E-state index in [4.69, 9.17) is 4.52 Å². The van der Waals surface area contributed by atoms with Crippen LogP contribution >= 0.6 is 0 Å². The van der Waals surface area contributed by atoms with Crippen LogP contribution in [-0.2, 0) is 12.7 Å². The smallest absolute Gasteiger partial charge is 0.355 e. The predicted octanol–water partition coefficient (Wildman–Crippen LogP) is 5.96. The summed E-state index contributed by atoms with van der Waals surface area (Å²) in [6.45, 7) is 4.50. The summed E-state index contributed by atoms with van der Waals surface area (Å²) < 4.78 is 44.1. The Kier molecular flexibility index (Phi) is 6.46. The van der Waals surface area contributed by atoms with Gasteiger partial charge in [0.15, 0.2) is 17.2 Å². The molecular weight excluding hydrogens is 381 g/mol. The van der Waals surface area contributed by atoms with Crippen molar-refractivity contribution in [3.8, 4) is 11.3 Å². The quantitative estimate of drug-likeness (QED) is 0.530. The number of nitrogens with zero attached hydrogens (tertiary/aromatic N) is 2. The van der Waals surface area contributed by atoms with Crippen LogP contribution in [0.25, 0.3) is 11.3 Å². The number of halogens is 3. The maximum Gasteiger partial charge on any atom is 0.416 e. The standard InChI is InChI=1S/C22H27F3N2O2/c1-14(2)27(3)13-18-20(19(28)12-15-6-4-5-7-15)26-29-21(18)16-8-10-17(11-9-16)22(23,24)25/h8-11,14-15H,4-7,12-13H2,1-3H3. The summed E-state index contributed by atoms with van der Waals surface area (Å²) in [5.74, 6) is 0.691. The van der Waals surface area contributed by atoms with Gasteiger partial charge in [-0.05, 0) is 38.9 Å². The van der Waals surface area contributed by atoms with Gasteiger partial charge in [-0.25, -0.2) is 0 Å². The minimum atomic E-state index is -4.40. The molecule has 29 heavy (non-hydrogen) atoms. The molecule has 1 saturated carbocycles. The third-order valence-electron chi connectivity index (χ3n) is 5.76. The first-order valence-electron chi connectivity index (χ1n) is 10.1. The molecule has 0 N–H and O–H groups in total. The molecule has 4 nitrogen and oxygen atoms in total. The molecule has 0 amide bonds. The second-order valence-corrected chi connectivity index (χ2v) is 8.20. The van der Waals surface area contributed by atoms with Crippen LogP contribution in [0.3, 0.4) is 0 Å². The summed E-state index contributed by atoms with van der Waals surface area (Å²) in [5, 5.41) is 4.04. The minimum Gasteiger partial charge on any atom is -0.355 e. The molecule has 0 saturated heterocycles. The van der Waals surface area contributed by atoms with E-state index in [9.17, 15) is 18.0 Å². The molecule has 1 aromatic heterocycles. The number of Topliss-reactive ketones (excluding diaryl/α,β-unsaturated/α-hetero) is 1. The first kappa shape index (κ1) is 21.6. The third-order valence-corrected chi connectivity index (χ3v) is 5.76. The fourth-order valence-corrected chi connectivity index (χ4v) is 3.72. The zero-order valence-electron chi connectivity index (χ0n) is 17.1. The van der Waals surface area contributed by atoms with Gasteiger partial charge in [-0.2, -0.15) is 13.2 Å². The zero-order valence-corrected chi connectivity index (χ0v) is 17.1. The molecule has 0 atom stereocenters. The summed E-state index contributed by atoms with van der Waals surface area (Å²) in [4.78, 5) is 15.0. The van der Waals surface area contributed by atoms with Crippen LogP contribution < -0.4 is 0 Å². The Morgan fingerprint density at radius 1 is 1.21 bits per heavy atom. The number of aromatic nitrogens is 1. The van der Waals surface area contributed by atoms with Gasteiger partial charge in [-0.1, -0.05) is 43.0 Å². The lowest BCUT2D eigenvalue weighted by molar-refractivity contribution is -0.137. The molecule has 0 unspecified atom stereocenters. The molecule has 1 heterocycles. The molecule has 1 aliphatic rings. The van der Waals surface area contributed by atoms with Gasteiger partial charge in [0.1, 0.15) is 0 Å². The summed E-state index contributed by atoms with van der Waals surface area (Å²) in [5.41, 5.74) is 0.708. The highest BCUT2D eigenvalue weighted by molar-refractivity contribution is 5.97. The Bertz CT molecular complexity index is 835. The van der Waals surface area contributed by atoms with Gasteiger partial charge in [0.05, 0.1) is 5.56 Å². The summed E-state index contributed by atoms with van der Waals surface area (Å²) in [6.07, 6.45) is 0.445. The fraction of sp³-hybridized carbons (Fsp3) is 0.545. The van der Waals surface area contributed by atoms with Crippen LogP contribution in [0, 0.1) is 5.92 Å². The fourth-order valence-electron chi connectivity index (χ4n) is 3.72. The van der Waals surface area contributed by atoms with Crippen molar-refractivity contribution in [2.75, 3.05) is 7.05 Å². The van der Waals surface area contributed by atoms with Crippen molar-refractivity contribution < 1.29 is 22.5 Å². The molecule has 3 rings (SSSR count). The number of carbonyl (C=O) groups is 1. The minimum absolute atomic E-state index is 0.0500. The maximum absolute atomic E-state index is 12.9. The molecule has 0 aliphatic heterocycles. The first-order chi connectivity index (χ1) is 13.7. The third kappa shape index (κ3) is 5.07. The zero-order chi connectivity index (χ0) is 21.2. The molecule has 1 aromatic carbocycles. The van der Waals surface area contributed by atoms with Crippen LogP contribution in [0.1, 0.15) is 67.6 Å². The Balaban J connectivity index is 1.93. The van der Waals surface area contributed by atoms with Gasteiger partial charge in [0, 0.05) is 30.1 Å². The maximum atomic E-state index is 12.9. The van der Waals surface area contributed by atoms with Crippen LogP contribution in [0.4, 0.5) is 13.2 Å². The number of alkyl halides is 3. The van der Waals surface area contributed by atoms with Gasteiger partial charge < -0.3 is 4.52 Å². The Morgan fingerprint density at radius 3 is 2.38 bits per heavy atom. The van der Waals surface area contributed by atoms with E-state index in [0.717, 1.165) is 37.8 Å². The van der Waals surface area contributed by atoms with Crippen LogP contribution in [0.15, 0.2) is 28.8 Å². The van der Waals surface area contributed by atoms with E-state index in [1.807, 2.05) is 25.8 Å². The van der Waals surface area contributed by atoms with E-state index in [1.54, 1.807) is 0 Å². The van der Waals surface area contributed by atoms with E-state index in [0.29, 0.717) is 41.5 Å². The largest absolute Gasteiger partial charge is 0.416 e. The van der Waals surface area contributed by atoms with Crippen LogP contribution in [0.5, 0.6) is 0 Å². The lowest BCUT2D eigenvalue weighted by Gasteiger charge is -2.21. The van der Waals surface area contributed by atoms with Gasteiger partial charge >= 0.3 is 6.18 Å². The average molecular weight is 408 g/mol. The van der Waals surface area contributed by atoms with Crippen molar-refractivity contribution >= 4 is 5.78 Å². The van der Waals surface area contributed by atoms with E-state index in [1.165, 1.54) is 12.1 Å². The highest BCUT2D eigenvalue weighted by atomic mass is 19.4. The van der Waals surface area contributed by atoms with Crippen molar-refractivity contribution in [2.24, 2.45) is 5.92 Å². The van der Waals surface area contributed by atoms with Crippen LogP contribution in [0.2, 0.25) is 0 Å². The van der Waals surface area contributed by atoms with Gasteiger partial charge in [-0.3, -0.25) is 9.69 Å². The summed E-state index contributed by atoms with van der Waals surface area (Å²) >= 11 is 0. The molecular formula is C22H27F3N2O2. The normalized spacial score (nSPS) is 15.6. The molecule has 1 aliphatic carbocycles. The second kappa shape index (κ2) is 8.69. The van der Waals surface area contributed by atoms with E-state index >= 15 is 0 Å². The molecule has 0 spiro atoms. The lowest BCUT2D eigenvalue weighted by Crippen LogP contribution is -2.26. The van der Waals surface area contributed by atoms with Crippen molar-refractivity contribution in [3.63, 3.8) is 0 Å². The molecule has 1 fully saturated rings. The Morgan fingerprint density at radius 2 is 1.83 bits per heavy atom. The van der Waals surface area contributed by atoms with E-state index < -0.39 is 11.7 Å². The van der Waals surface area contributed by atoms with Gasteiger partial charge in [0.25, 0.3) is 0 Å². The van der Waals surface area contributed by atoms with Gasteiger partial charge in [-0.15, -0.1) is 0 Å². The summed E-state index contributed by atoms with van der Waals surface area (Å²) in [7, 11) is 1.93. The number of ketones is 1. The van der Waals surface area contributed by atoms with E-state index in [2.05, 4.69) is 5.16 Å². The molecule has 7 heteroatoms. The first-order valence-corrected chi connectivity index (χ1v) is 10.1. The van der Waals surface area contributed by atoms with Gasteiger partial charge in [0.2, 0.25) is 0 Å². The summed E-state index contributed by atoms with van der Waals surface area (Å²) in [6, 6.07) is 5.01. The molecule has 158 valence electrons. The van der Waals surface area contributed by atoms with Crippen molar-refractivity contribution in [2.45, 2.75) is 64.7 Å². The van der Waals surface area contributed by atoms with Crippen molar-refractivity contribution in [3.05, 3.63) is 41.1 Å². The SMILES string of the molecule is CC(C)N(C)Cc1c(C(=O)CC2CCCC2)noc1-c1ccc(C(F)(F)F)cc1. The number of hydrogen-bond donors (Lipinski definition) is 0. The Hall–Kier alpha value is -2.15. The second-order valence-electron chi connectivity index (χ2n) is 8.20. The average Bonchev–Trinajstić information content (AvgIpc) is 3.30. The number of carbonyl (C=O) groups excluding carboxylic acids is 1. The number of benzene rings is 1.